The molecular formula is C56H53Br2N6O5+. The normalized spacial score (nSPS) is 11.4. The van der Waals surface area contributed by atoms with Crippen molar-refractivity contribution in [3.8, 4) is 11.5 Å². The summed E-state index contributed by atoms with van der Waals surface area (Å²) in [6.45, 7) is 3.97. The molecule has 69 heavy (non-hydrogen) atoms. The van der Waals surface area contributed by atoms with Gasteiger partial charge in [-0.2, -0.15) is 0 Å². The monoisotopic (exact) mass is 1050 g/mol. The van der Waals surface area contributed by atoms with Gasteiger partial charge in [-0.05, 0) is 89.7 Å². The van der Waals surface area contributed by atoms with Crippen LogP contribution >= 0.6 is 31.9 Å². The van der Waals surface area contributed by atoms with Gasteiger partial charge in [0.05, 0.1) is 55.6 Å². The second-order valence-electron chi connectivity index (χ2n) is 16.7. The summed E-state index contributed by atoms with van der Waals surface area (Å²) >= 11 is 7.08. The molecule has 13 heteroatoms. The minimum atomic E-state index is 0.604. The van der Waals surface area contributed by atoms with Gasteiger partial charge in [-0.25, -0.2) is 9.97 Å². The molecule has 4 aromatic heterocycles. The molecule has 0 fully saturated rings. The Balaban J connectivity index is 0.000000172. The highest BCUT2D eigenvalue weighted by atomic mass is 79.9. The number of halogens is 2. The average molecular weight is 1050 g/mol. The Bertz CT molecular complexity index is 3290. The number of rotatable bonds is 18. The van der Waals surface area contributed by atoms with Crippen molar-refractivity contribution in [2.24, 2.45) is 0 Å². The second kappa shape index (κ2) is 22.6. The van der Waals surface area contributed by atoms with E-state index in [1.807, 2.05) is 85.1 Å². The maximum absolute atomic E-state index is 10.6. The van der Waals surface area contributed by atoms with E-state index in [9.17, 15) is 5.21 Å². The molecule has 11 nitrogen and oxygen atoms in total. The summed E-state index contributed by atoms with van der Waals surface area (Å²) in [5, 5.41) is 12.7. The van der Waals surface area contributed by atoms with Crippen LogP contribution in [0.25, 0.3) is 43.9 Å². The second-order valence-corrected chi connectivity index (χ2v) is 18.6. The van der Waals surface area contributed by atoms with Crippen LogP contribution in [0.2, 0.25) is 0 Å². The summed E-state index contributed by atoms with van der Waals surface area (Å²) in [4.78, 5) is 14.6. The number of methoxy groups -OCH3 is 2. The molecule has 0 saturated heterocycles. The quantitative estimate of drug-likeness (QED) is 0.0514. The Morgan fingerprint density at radius 1 is 0.536 bits per heavy atom. The first-order valence-corrected chi connectivity index (χ1v) is 24.6. The smallest absolute Gasteiger partial charge is 0.267 e. The highest BCUT2D eigenvalue weighted by Crippen LogP contribution is 2.30. The highest BCUT2D eigenvalue weighted by Gasteiger charge is 2.22. The van der Waals surface area contributed by atoms with Gasteiger partial charge in [0, 0.05) is 64.3 Å². The van der Waals surface area contributed by atoms with Crippen LogP contribution in [0.1, 0.15) is 46.7 Å². The van der Waals surface area contributed by atoms with E-state index in [0.29, 0.717) is 33.0 Å². The summed E-state index contributed by atoms with van der Waals surface area (Å²) in [5.74, 6) is 3.70. The third-order valence-corrected chi connectivity index (χ3v) is 13.0. The van der Waals surface area contributed by atoms with E-state index in [0.717, 1.165) is 118 Å². The number of hydrogen-bond acceptors (Lipinski definition) is 8. The van der Waals surface area contributed by atoms with Crippen molar-refractivity contribution in [3.05, 3.63) is 201 Å². The molecule has 0 spiro atoms. The lowest BCUT2D eigenvalue weighted by atomic mass is 10.1. The first-order chi connectivity index (χ1) is 33.8. The third-order valence-electron chi connectivity index (χ3n) is 12.0. The van der Waals surface area contributed by atoms with E-state index in [-0.39, 0.29) is 0 Å². The highest BCUT2D eigenvalue weighted by molar-refractivity contribution is 9.10. The number of fused-ring (bicyclic) bond motifs is 6. The molecule has 0 aliphatic rings. The molecule has 1 N–H and O–H groups in total. The van der Waals surface area contributed by atoms with Crippen molar-refractivity contribution in [1.82, 2.24) is 24.1 Å². The minimum Gasteiger partial charge on any atom is -0.497 e. The van der Waals surface area contributed by atoms with Gasteiger partial charge >= 0.3 is 0 Å². The van der Waals surface area contributed by atoms with Crippen molar-refractivity contribution in [3.63, 3.8) is 0 Å². The van der Waals surface area contributed by atoms with E-state index in [2.05, 4.69) is 113 Å². The molecule has 0 saturated carbocycles. The number of ether oxygens (including phenoxy) is 4. The predicted octanol–water partition coefficient (Wildman–Crippen LogP) is 12.2. The van der Waals surface area contributed by atoms with Crippen LogP contribution in [0.3, 0.4) is 0 Å². The number of imidazole rings is 2. The molecule has 0 aliphatic heterocycles. The number of aromatic nitrogens is 6. The molecule has 0 radical (unpaired) electrons. The average Bonchev–Trinajstić information content (AvgIpc) is 3.91. The zero-order valence-corrected chi connectivity index (χ0v) is 41.8. The maximum Gasteiger partial charge on any atom is 0.267 e. The molecule has 0 atom stereocenters. The van der Waals surface area contributed by atoms with E-state index in [1.165, 1.54) is 16.7 Å². The lowest BCUT2D eigenvalue weighted by molar-refractivity contribution is -0.883. The fraction of sp³-hybridized carbons (Fsp3) is 0.214. The Morgan fingerprint density at radius 3 is 1.57 bits per heavy atom. The van der Waals surface area contributed by atoms with Crippen LogP contribution in [0, 0.1) is 0 Å². The molecule has 350 valence electrons. The largest absolute Gasteiger partial charge is 0.497 e. The number of aryl methyl sites for hydroxylation is 2. The fourth-order valence-electron chi connectivity index (χ4n) is 8.55. The molecule has 6 aromatic carbocycles. The summed E-state index contributed by atoms with van der Waals surface area (Å²) in [5.41, 5.74) is 10.2. The van der Waals surface area contributed by atoms with Crippen molar-refractivity contribution in [2.45, 2.75) is 52.0 Å². The minimum absolute atomic E-state index is 0.604. The Labute approximate surface area is 418 Å². The number of pyridine rings is 2. The number of benzene rings is 6. The van der Waals surface area contributed by atoms with E-state index in [4.69, 9.17) is 28.9 Å². The van der Waals surface area contributed by atoms with Gasteiger partial charge in [0.15, 0.2) is 5.52 Å². The van der Waals surface area contributed by atoms with E-state index in [1.54, 1.807) is 20.4 Å². The lowest BCUT2D eigenvalue weighted by Gasteiger charge is -2.12. The summed E-state index contributed by atoms with van der Waals surface area (Å²) < 4.78 is 30.1. The van der Waals surface area contributed by atoms with E-state index >= 15 is 0 Å². The summed E-state index contributed by atoms with van der Waals surface area (Å²) in [7, 11) is 3.36. The van der Waals surface area contributed by atoms with Crippen molar-refractivity contribution >= 4 is 75.7 Å². The standard InChI is InChI=1S/C28H27BrN3O3.C28H26BrN3O2/c1-34-23-12-9-20(10-13-23)17-31-27(8-5-15-35-19-21-6-3-2-4-7-21)30-25-18-32(33)26-16-22(29)11-14-24(26)28(25)31;1-33-23-12-9-20(10-13-23)18-32-27(8-5-15-34-19-21-6-3-2-4-7-21)31-26-17-30-25-16-22(29)11-14-24(25)28(26)32/h2-4,6-7,9-14,16,18,33H,5,8,15,17,19H2,1H3;2-4,6-7,9-14,16-17H,5,8,15,18-19H2,1H3/q+1;. The molecule has 0 unspecified atom stereocenters. The molecule has 4 heterocycles. The van der Waals surface area contributed by atoms with Gasteiger partial charge in [0.25, 0.3) is 11.7 Å². The summed E-state index contributed by atoms with van der Waals surface area (Å²) in [6, 6.07) is 49.0. The van der Waals surface area contributed by atoms with Crippen molar-refractivity contribution in [1.29, 1.82) is 0 Å². The predicted molar refractivity (Wildman–Crippen MR) is 278 cm³/mol. The van der Waals surface area contributed by atoms with Crippen LogP contribution < -0.4 is 14.2 Å². The fourth-order valence-corrected chi connectivity index (χ4v) is 9.25. The SMILES string of the molecule is COc1ccc(Cn2c(CCCOCc3ccccc3)nc3c[n+](O)c4cc(Br)ccc4c32)cc1.COc1ccc(Cn2c(CCCOCc3ccccc3)nc3cnc4cc(Br)ccc4c32)cc1. The van der Waals surface area contributed by atoms with Crippen LogP contribution in [0.4, 0.5) is 0 Å². The van der Waals surface area contributed by atoms with Crippen LogP contribution in [-0.4, -0.2) is 56.7 Å². The first kappa shape index (κ1) is 47.4. The molecule has 10 aromatic rings. The van der Waals surface area contributed by atoms with Crippen LogP contribution in [0.15, 0.2) is 167 Å². The van der Waals surface area contributed by atoms with Gasteiger partial charge < -0.3 is 28.1 Å². The molecule has 0 bridgehead atoms. The first-order valence-electron chi connectivity index (χ1n) is 23.0. The van der Waals surface area contributed by atoms with E-state index < -0.39 is 0 Å². The Kier molecular flexibility index (Phi) is 15.6. The van der Waals surface area contributed by atoms with Crippen LogP contribution in [-0.2, 0) is 48.6 Å². The molecule has 0 amide bonds. The Hall–Kier alpha value is -6.64. The zero-order chi connectivity index (χ0) is 47.5. The molecular weight excluding hydrogens is 996 g/mol. The van der Waals surface area contributed by atoms with Crippen molar-refractivity contribution in [2.75, 3.05) is 27.4 Å². The molecule has 0 aliphatic carbocycles. The lowest BCUT2D eigenvalue weighted by Crippen LogP contribution is -2.30. The number of nitrogens with zero attached hydrogens (tertiary/aromatic N) is 6. The zero-order valence-electron chi connectivity index (χ0n) is 38.6. The van der Waals surface area contributed by atoms with Crippen molar-refractivity contribution < 1.29 is 28.9 Å². The topological polar surface area (TPSA) is 110 Å². The summed E-state index contributed by atoms with van der Waals surface area (Å²) in [6.07, 6.45) is 6.91. The van der Waals surface area contributed by atoms with Gasteiger partial charge in [-0.15, -0.1) is 0 Å². The van der Waals surface area contributed by atoms with Crippen LogP contribution in [0.5, 0.6) is 11.5 Å². The Morgan fingerprint density at radius 2 is 1.03 bits per heavy atom. The van der Waals surface area contributed by atoms with Gasteiger partial charge in [0.1, 0.15) is 28.7 Å². The maximum atomic E-state index is 10.6. The molecule has 10 rings (SSSR count). The van der Waals surface area contributed by atoms with Gasteiger partial charge in [-0.1, -0.05) is 117 Å². The third kappa shape index (κ3) is 11.6. The van der Waals surface area contributed by atoms with Gasteiger partial charge in [-0.3, -0.25) is 10.2 Å². The number of hydrogen-bond donors (Lipinski definition) is 1. The van der Waals surface area contributed by atoms with Gasteiger partial charge in [0.2, 0.25) is 0 Å².